The van der Waals surface area contributed by atoms with E-state index in [1.807, 2.05) is 6.92 Å². The first-order valence-electron chi connectivity index (χ1n) is 9.02. The topological polar surface area (TPSA) is 113 Å². The molecule has 150 valence electrons. The van der Waals surface area contributed by atoms with Gasteiger partial charge in [-0.3, -0.25) is 4.79 Å². The molecule has 7 heteroatoms. The van der Waals surface area contributed by atoms with E-state index in [1.54, 1.807) is 12.1 Å². The number of carboxylic acid groups (broad SMARTS) is 1. The van der Waals surface area contributed by atoms with Gasteiger partial charge < -0.3 is 24.8 Å². The number of carboxylic acids is 1. The molecule has 0 radical (unpaired) electrons. The van der Waals surface area contributed by atoms with Crippen LogP contribution in [0.4, 0.5) is 0 Å². The fraction of sp³-hybridized carbons (Fsp3) is 0.333. The normalized spacial score (nSPS) is 10.5. The molecule has 0 fully saturated rings. The predicted octanol–water partition coefficient (Wildman–Crippen LogP) is 3.80. The summed E-state index contributed by atoms with van der Waals surface area (Å²) in [5, 5.41) is 28.9. The number of phenolic OH excluding ortho intramolecular Hbond substituents is 1. The lowest BCUT2D eigenvalue weighted by molar-refractivity contribution is 0.0693. The summed E-state index contributed by atoms with van der Waals surface area (Å²) in [4.78, 5) is 22.5. The molecular weight excluding hydrogens is 364 g/mol. The average Bonchev–Trinajstić information content (AvgIpc) is 2.63. The average molecular weight is 388 g/mol. The van der Waals surface area contributed by atoms with Crippen molar-refractivity contribution in [3.8, 4) is 23.0 Å². The Labute approximate surface area is 163 Å². The van der Waals surface area contributed by atoms with Crippen LogP contribution in [-0.2, 0) is 6.42 Å². The van der Waals surface area contributed by atoms with E-state index in [0.29, 0.717) is 43.1 Å². The molecule has 0 bridgehead atoms. The van der Waals surface area contributed by atoms with Crippen molar-refractivity contribution in [2.45, 2.75) is 33.1 Å². The lowest BCUT2D eigenvalue weighted by Gasteiger charge is -2.15. The van der Waals surface area contributed by atoms with Crippen LogP contribution in [0.2, 0.25) is 0 Å². The number of carbonyl (C=O) groups excluding carboxylic acids is 1. The number of ether oxygens (including phenoxy) is 2. The molecule has 0 saturated carbocycles. The van der Waals surface area contributed by atoms with Crippen molar-refractivity contribution >= 4 is 11.8 Å². The number of hydrogen-bond donors (Lipinski definition) is 3. The maximum atomic E-state index is 11.6. The molecule has 0 heterocycles. The summed E-state index contributed by atoms with van der Waals surface area (Å²) >= 11 is 0. The molecule has 2 aromatic rings. The van der Waals surface area contributed by atoms with Crippen LogP contribution in [-0.4, -0.2) is 40.3 Å². The first-order valence-corrected chi connectivity index (χ1v) is 9.02. The third-order valence-electron chi connectivity index (χ3n) is 4.13. The number of aromatic hydroxyl groups is 2. The van der Waals surface area contributed by atoms with Crippen molar-refractivity contribution in [3.63, 3.8) is 0 Å². The Morgan fingerprint density at radius 1 is 1.00 bits per heavy atom. The zero-order valence-electron chi connectivity index (χ0n) is 15.9. The summed E-state index contributed by atoms with van der Waals surface area (Å²) in [5.74, 6) is -0.902. The Hall–Kier alpha value is -3.22. The lowest BCUT2D eigenvalue weighted by Crippen LogP contribution is -2.07. The second-order valence-electron chi connectivity index (χ2n) is 6.28. The molecule has 0 atom stereocenters. The minimum Gasteiger partial charge on any atom is -0.507 e. The highest BCUT2D eigenvalue weighted by atomic mass is 16.5. The first kappa shape index (κ1) is 21.1. The van der Waals surface area contributed by atoms with Gasteiger partial charge in [-0.1, -0.05) is 13.3 Å². The molecule has 7 nitrogen and oxygen atoms in total. The number of carbonyl (C=O) groups is 2. The van der Waals surface area contributed by atoms with Crippen LogP contribution in [0.1, 0.15) is 53.0 Å². The predicted molar refractivity (Wildman–Crippen MR) is 103 cm³/mol. The number of aromatic carboxylic acids is 1. The van der Waals surface area contributed by atoms with Crippen LogP contribution in [0.3, 0.4) is 0 Å². The molecule has 0 aromatic heterocycles. The standard InChI is InChI=1S/C21H24O7/c1-3-5-17-19(9-8-15(13(2)22)20(17)24)28-11-4-10-27-14-6-7-16(21(25)26)18(23)12-14/h6-9,12,23-24H,3-5,10-11H2,1-2H3,(H,25,26). The third kappa shape index (κ3) is 5.16. The number of ketones is 1. The molecule has 0 saturated heterocycles. The van der Waals surface area contributed by atoms with Crippen molar-refractivity contribution in [1.29, 1.82) is 0 Å². The molecule has 2 rings (SSSR count). The molecule has 0 aliphatic rings. The quantitative estimate of drug-likeness (QED) is 0.419. The van der Waals surface area contributed by atoms with Gasteiger partial charge >= 0.3 is 5.97 Å². The largest absolute Gasteiger partial charge is 0.507 e. The highest BCUT2D eigenvalue weighted by Crippen LogP contribution is 2.33. The van der Waals surface area contributed by atoms with E-state index >= 15 is 0 Å². The molecule has 2 aromatic carbocycles. The number of benzene rings is 2. The van der Waals surface area contributed by atoms with Gasteiger partial charge in [0.15, 0.2) is 5.78 Å². The van der Waals surface area contributed by atoms with Crippen LogP contribution in [0.15, 0.2) is 30.3 Å². The summed E-state index contributed by atoms with van der Waals surface area (Å²) in [7, 11) is 0. The van der Waals surface area contributed by atoms with Crippen LogP contribution >= 0.6 is 0 Å². The van der Waals surface area contributed by atoms with Gasteiger partial charge in [-0.05, 0) is 37.6 Å². The van der Waals surface area contributed by atoms with Gasteiger partial charge in [0, 0.05) is 18.1 Å². The Morgan fingerprint density at radius 3 is 2.29 bits per heavy atom. The van der Waals surface area contributed by atoms with E-state index in [0.717, 1.165) is 6.42 Å². The van der Waals surface area contributed by atoms with Crippen molar-refractivity contribution < 1.29 is 34.4 Å². The monoisotopic (exact) mass is 388 g/mol. The van der Waals surface area contributed by atoms with Crippen LogP contribution in [0.25, 0.3) is 0 Å². The van der Waals surface area contributed by atoms with Crippen molar-refractivity contribution in [2.24, 2.45) is 0 Å². The van der Waals surface area contributed by atoms with Gasteiger partial charge in [0.25, 0.3) is 0 Å². The lowest BCUT2D eigenvalue weighted by atomic mass is 10.0. The van der Waals surface area contributed by atoms with Gasteiger partial charge in [-0.25, -0.2) is 4.79 Å². The SMILES string of the molecule is CCCc1c(OCCCOc2ccc(C(=O)O)c(O)c2)ccc(C(C)=O)c1O. The number of rotatable bonds is 10. The van der Waals surface area contributed by atoms with Crippen LogP contribution in [0.5, 0.6) is 23.0 Å². The van der Waals surface area contributed by atoms with Crippen molar-refractivity contribution in [1.82, 2.24) is 0 Å². The highest BCUT2D eigenvalue weighted by molar-refractivity contribution is 5.97. The minimum atomic E-state index is -1.21. The van der Waals surface area contributed by atoms with E-state index in [2.05, 4.69) is 0 Å². The van der Waals surface area contributed by atoms with E-state index in [9.17, 15) is 19.8 Å². The number of phenols is 2. The van der Waals surface area contributed by atoms with Gasteiger partial charge in [-0.2, -0.15) is 0 Å². The van der Waals surface area contributed by atoms with E-state index in [1.165, 1.54) is 25.1 Å². The fourth-order valence-electron chi connectivity index (χ4n) is 2.74. The van der Waals surface area contributed by atoms with E-state index in [4.69, 9.17) is 14.6 Å². The Morgan fingerprint density at radius 2 is 1.68 bits per heavy atom. The van der Waals surface area contributed by atoms with Crippen LogP contribution < -0.4 is 9.47 Å². The molecule has 0 amide bonds. The molecule has 0 aliphatic heterocycles. The zero-order valence-corrected chi connectivity index (χ0v) is 15.9. The summed E-state index contributed by atoms with van der Waals surface area (Å²) in [5.41, 5.74) is 0.710. The first-order chi connectivity index (χ1) is 13.3. The van der Waals surface area contributed by atoms with E-state index < -0.39 is 5.97 Å². The second kappa shape index (κ2) is 9.64. The number of hydrogen-bond acceptors (Lipinski definition) is 6. The van der Waals surface area contributed by atoms with Gasteiger partial charge in [0.2, 0.25) is 0 Å². The summed E-state index contributed by atoms with van der Waals surface area (Å²) in [6.07, 6.45) is 1.92. The van der Waals surface area contributed by atoms with Crippen LogP contribution in [0, 0.1) is 0 Å². The summed E-state index contributed by atoms with van der Waals surface area (Å²) in [6, 6.07) is 7.24. The maximum Gasteiger partial charge on any atom is 0.339 e. The zero-order chi connectivity index (χ0) is 20.7. The van der Waals surface area contributed by atoms with E-state index in [-0.39, 0.29) is 28.4 Å². The highest BCUT2D eigenvalue weighted by Gasteiger charge is 2.16. The third-order valence-corrected chi connectivity index (χ3v) is 4.13. The van der Waals surface area contributed by atoms with Crippen molar-refractivity contribution in [2.75, 3.05) is 13.2 Å². The van der Waals surface area contributed by atoms with Crippen molar-refractivity contribution in [3.05, 3.63) is 47.0 Å². The Kier molecular flexibility index (Phi) is 7.26. The molecule has 0 spiro atoms. The summed E-state index contributed by atoms with van der Waals surface area (Å²) in [6.45, 7) is 4.01. The molecule has 0 unspecified atom stereocenters. The smallest absolute Gasteiger partial charge is 0.339 e. The maximum absolute atomic E-state index is 11.6. The van der Waals surface area contributed by atoms with Gasteiger partial charge in [-0.15, -0.1) is 0 Å². The summed E-state index contributed by atoms with van der Waals surface area (Å²) < 4.78 is 11.2. The Balaban J connectivity index is 1.91. The minimum absolute atomic E-state index is 0.0305. The van der Waals surface area contributed by atoms with Gasteiger partial charge in [0.05, 0.1) is 18.8 Å². The molecule has 0 aliphatic carbocycles. The van der Waals surface area contributed by atoms with Gasteiger partial charge in [0.1, 0.15) is 28.6 Å². The molecule has 3 N–H and O–H groups in total. The molecule has 28 heavy (non-hydrogen) atoms. The fourth-order valence-corrected chi connectivity index (χ4v) is 2.74. The second-order valence-corrected chi connectivity index (χ2v) is 6.28. The Bertz CT molecular complexity index is 858. The number of Topliss-reactive ketones (excluding diaryl/α,β-unsaturated/α-hetero) is 1. The molecular formula is C21H24O7.